The van der Waals surface area contributed by atoms with Crippen molar-refractivity contribution in [2.75, 3.05) is 11.2 Å². The van der Waals surface area contributed by atoms with Crippen molar-refractivity contribution in [2.24, 2.45) is 0 Å². The van der Waals surface area contributed by atoms with Gasteiger partial charge in [0.15, 0.2) is 15.0 Å². The number of carbonyl (C=O) groups is 1. The average molecular weight is 513 g/mol. The highest BCUT2D eigenvalue weighted by Gasteiger charge is 2.26. The third-order valence-electron chi connectivity index (χ3n) is 5.17. The number of fused-ring (bicyclic) bond motifs is 2. The van der Waals surface area contributed by atoms with Crippen LogP contribution in [0.25, 0.3) is 20.3 Å². The molecule has 2 heterocycles. The number of hydrogen-bond acceptors (Lipinski definition) is 6. The lowest BCUT2D eigenvalue weighted by atomic mass is 10.2. The van der Waals surface area contributed by atoms with E-state index in [-0.39, 0.29) is 10.8 Å². The Bertz CT molecular complexity index is 1610. The predicted octanol–water partition coefficient (Wildman–Crippen LogP) is 6.41. The molecular formula is C24H17ClN2O3S3. The van der Waals surface area contributed by atoms with Crippen LogP contribution in [0, 0.1) is 0 Å². The molecule has 5 nitrogen and oxygen atoms in total. The number of aromatic nitrogens is 1. The van der Waals surface area contributed by atoms with E-state index in [0.717, 1.165) is 15.6 Å². The van der Waals surface area contributed by atoms with Gasteiger partial charge in [0, 0.05) is 16.3 Å². The molecule has 0 saturated carbocycles. The number of anilines is 1. The quantitative estimate of drug-likeness (QED) is 0.272. The van der Waals surface area contributed by atoms with Gasteiger partial charge in [-0.2, -0.15) is 0 Å². The number of rotatable bonds is 5. The van der Waals surface area contributed by atoms with Crippen LogP contribution < -0.4 is 4.90 Å². The largest absolute Gasteiger partial charge is 0.279 e. The van der Waals surface area contributed by atoms with Crippen LogP contribution in [-0.2, 0) is 16.4 Å². The molecule has 0 aliphatic carbocycles. The van der Waals surface area contributed by atoms with E-state index >= 15 is 0 Å². The summed E-state index contributed by atoms with van der Waals surface area (Å²) in [5.74, 6) is -0.243. The van der Waals surface area contributed by atoms with Crippen LogP contribution in [-0.4, -0.2) is 25.6 Å². The molecule has 0 aliphatic heterocycles. The number of sulfone groups is 1. The molecule has 0 radical (unpaired) electrons. The van der Waals surface area contributed by atoms with E-state index in [1.807, 2.05) is 54.6 Å². The summed E-state index contributed by atoms with van der Waals surface area (Å²) in [6.07, 6.45) is 1.17. The molecule has 0 fully saturated rings. The van der Waals surface area contributed by atoms with E-state index in [2.05, 4.69) is 4.98 Å². The van der Waals surface area contributed by atoms with E-state index in [4.69, 9.17) is 11.6 Å². The second-order valence-corrected chi connectivity index (χ2v) is 12.0. The van der Waals surface area contributed by atoms with E-state index in [1.165, 1.54) is 35.0 Å². The van der Waals surface area contributed by atoms with Crippen LogP contribution in [0.4, 0.5) is 5.13 Å². The number of thiophene rings is 1. The number of benzene rings is 3. The van der Waals surface area contributed by atoms with Crippen molar-refractivity contribution in [1.82, 2.24) is 4.98 Å². The van der Waals surface area contributed by atoms with Crippen molar-refractivity contribution in [1.29, 1.82) is 0 Å². The third-order valence-corrected chi connectivity index (χ3v) is 8.98. The molecule has 0 bridgehead atoms. The Morgan fingerprint density at radius 1 is 0.970 bits per heavy atom. The first kappa shape index (κ1) is 22.0. The van der Waals surface area contributed by atoms with Gasteiger partial charge in [-0.3, -0.25) is 9.69 Å². The molecular weight excluding hydrogens is 496 g/mol. The molecule has 5 aromatic rings. The summed E-state index contributed by atoms with van der Waals surface area (Å²) in [7, 11) is -3.35. The van der Waals surface area contributed by atoms with E-state index in [0.29, 0.717) is 31.8 Å². The summed E-state index contributed by atoms with van der Waals surface area (Å²) >= 11 is 9.25. The number of carbonyl (C=O) groups excluding carboxylic acids is 1. The van der Waals surface area contributed by atoms with Crippen molar-refractivity contribution in [2.45, 2.75) is 11.4 Å². The number of thiazole rings is 1. The lowest BCUT2D eigenvalue weighted by Crippen LogP contribution is -2.29. The standard InChI is InChI=1S/C24H17ClN2O3S3/c1-33(29,30)16-11-12-18-20(13-16)32-24(26-18)27(14-15-7-3-2-4-8-15)23(28)22-21(25)17-9-5-6-10-19(17)31-22/h2-13H,14H2,1H3. The zero-order valence-corrected chi connectivity index (χ0v) is 20.6. The van der Waals surface area contributed by atoms with Gasteiger partial charge in [-0.05, 0) is 29.8 Å². The van der Waals surface area contributed by atoms with Crippen molar-refractivity contribution in [3.8, 4) is 0 Å². The Morgan fingerprint density at radius 2 is 1.70 bits per heavy atom. The molecule has 33 heavy (non-hydrogen) atoms. The maximum Gasteiger partial charge on any atom is 0.272 e. The molecule has 0 unspecified atom stereocenters. The summed E-state index contributed by atoms with van der Waals surface area (Å²) in [5, 5.41) is 1.76. The minimum Gasteiger partial charge on any atom is -0.279 e. The summed E-state index contributed by atoms with van der Waals surface area (Å²) in [6.45, 7) is 0.309. The summed E-state index contributed by atoms with van der Waals surface area (Å²) in [5.41, 5.74) is 1.58. The Kier molecular flexibility index (Phi) is 5.70. The first-order valence-corrected chi connectivity index (χ1v) is 13.8. The van der Waals surface area contributed by atoms with Crippen molar-refractivity contribution >= 4 is 75.5 Å². The maximum absolute atomic E-state index is 13.8. The smallest absolute Gasteiger partial charge is 0.272 e. The fraction of sp³-hybridized carbons (Fsp3) is 0.0833. The van der Waals surface area contributed by atoms with Crippen LogP contribution in [0.2, 0.25) is 5.02 Å². The fourth-order valence-corrected chi connectivity index (χ4v) is 6.69. The highest BCUT2D eigenvalue weighted by Crippen LogP contribution is 2.38. The van der Waals surface area contributed by atoms with Crippen molar-refractivity contribution < 1.29 is 13.2 Å². The van der Waals surface area contributed by atoms with Crippen LogP contribution in [0.5, 0.6) is 0 Å². The SMILES string of the molecule is CS(=O)(=O)c1ccc2nc(N(Cc3ccccc3)C(=O)c3sc4ccccc4c3Cl)sc2c1. The van der Waals surface area contributed by atoms with Gasteiger partial charge in [0.05, 0.1) is 26.7 Å². The fourth-order valence-electron chi connectivity index (χ4n) is 3.51. The second-order valence-electron chi connectivity index (χ2n) is 7.52. The Labute approximate surface area is 203 Å². The van der Waals surface area contributed by atoms with Crippen LogP contribution in [0.15, 0.2) is 77.7 Å². The third kappa shape index (κ3) is 4.27. The van der Waals surface area contributed by atoms with Gasteiger partial charge in [0.25, 0.3) is 5.91 Å². The average Bonchev–Trinajstić information content (AvgIpc) is 3.38. The van der Waals surface area contributed by atoms with Gasteiger partial charge in [-0.25, -0.2) is 13.4 Å². The van der Waals surface area contributed by atoms with Crippen molar-refractivity contribution in [3.05, 3.63) is 88.3 Å². The Morgan fingerprint density at radius 3 is 2.42 bits per heavy atom. The summed E-state index contributed by atoms with van der Waals surface area (Å²) < 4.78 is 25.6. The monoisotopic (exact) mass is 512 g/mol. The molecule has 9 heteroatoms. The predicted molar refractivity (Wildman–Crippen MR) is 137 cm³/mol. The first-order valence-electron chi connectivity index (χ1n) is 9.95. The minimum atomic E-state index is -3.35. The highest BCUT2D eigenvalue weighted by molar-refractivity contribution is 7.90. The lowest BCUT2D eigenvalue weighted by molar-refractivity contribution is 0.0989. The van der Waals surface area contributed by atoms with Crippen LogP contribution >= 0.6 is 34.3 Å². The van der Waals surface area contributed by atoms with Crippen molar-refractivity contribution in [3.63, 3.8) is 0 Å². The van der Waals surface area contributed by atoms with Gasteiger partial charge >= 0.3 is 0 Å². The molecule has 0 atom stereocenters. The minimum absolute atomic E-state index is 0.221. The summed E-state index contributed by atoms with van der Waals surface area (Å²) in [6, 6.07) is 22.1. The van der Waals surface area contributed by atoms with E-state index in [9.17, 15) is 13.2 Å². The van der Waals surface area contributed by atoms with Gasteiger partial charge in [-0.15, -0.1) is 11.3 Å². The molecule has 0 spiro atoms. The van der Waals surface area contributed by atoms with E-state index in [1.54, 1.807) is 17.0 Å². The maximum atomic E-state index is 13.8. The molecule has 2 aromatic heterocycles. The number of halogens is 1. The molecule has 5 rings (SSSR count). The molecule has 3 aromatic carbocycles. The topological polar surface area (TPSA) is 67.3 Å². The Balaban J connectivity index is 1.62. The van der Waals surface area contributed by atoms with E-state index < -0.39 is 9.84 Å². The second kappa shape index (κ2) is 8.53. The normalized spacial score (nSPS) is 11.8. The number of amides is 1. The zero-order valence-electron chi connectivity index (χ0n) is 17.4. The molecule has 0 aliphatic rings. The number of nitrogens with zero attached hydrogens (tertiary/aromatic N) is 2. The van der Waals surface area contributed by atoms with Crippen LogP contribution in [0.1, 0.15) is 15.2 Å². The van der Waals surface area contributed by atoms with Gasteiger partial charge in [-0.1, -0.05) is 71.5 Å². The van der Waals surface area contributed by atoms with Gasteiger partial charge < -0.3 is 0 Å². The van der Waals surface area contributed by atoms with Crippen LogP contribution in [0.3, 0.4) is 0 Å². The molecule has 1 amide bonds. The molecule has 0 saturated heterocycles. The molecule has 0 N–H and O–H groups in total. The lowest BCUT2D eigenvalue weighted by Gasteiger charge is -2.19. The molecule has 166 valence electrons. The van der Waals surface area contributed by atoms with Gasteiger partial charge in [0.2, 0.25) is 0 Å². The Hall–Kier alpha value is -2.78. The highest BCUT2D eigenvalue weighted by atomic mass is 35.5. The first-order chi connectivity index (χ1) is 15.8. The number of hydrogen-bond donors (Lipinski definition) is 0. The zero-order chi connectivity index (χ0) is 23.2. The summed E-state index contributed by atoms with van der Waals surface area (Å²) in [4.78, 5) is 20.7. The van der Waals surface area contributed by atoms with Gasteiger partial charge in [0.1, 0.15) is 4.88 Å².